The van der Waals surface area contributed by atoms with Crippen LogP contribution in [0.4, 0.5) is 0 Å². The smallest absolute Gasteiger partial charge is 0.223 e. The number of piperidine rings is 1. The first-order chi connectivity index (χ1) is 13.3. The third-order valence-electron chi connectivity index (χ3n) is 5.03. The molecule has 0 spiro atoms. The molecule has 0 unspecified atom stereocenters. The molecule has 0 saturated carbocycles. The number of carbonyl (C=O) groups is 1. The van der Waals surface area contributed by atoms with Gasteiger partial charge >= 0.3 is 0 Å². The van der Waals surface area contributed by atoms with Crippen molar-refractivity contribution in [2.45, 2.75) is 25.9 Å². The minimum Gasteiger partial charge on any atom is -0.468 e. The van der Waals surface area contributed by atoms with E-state index < -0.39 is 0 Å². The standard InChI is InChI=1S/C20H23N5O2/c26-20(16-7-9-24(10-8-16)13-18-5-3-11-27-18)22-12-17-4-1-2-6-19(17)25-15-21-14-23-25/h1-6,11,14-16H,7-10,12-13H2,(H,22,26). The van der Waals surface area contributed by atoms with Crippen LogP contribution in [0, 0.1) is 5.92 Å². The summed E-state index contributed by atoms with van der Waals surface area (Å²) in [5, 5.41) is 7.28. The van der Waals surface area contributed by atoms with Gasteiger partial charge in [0.25, 0.3) is 0 Å². The van der Waals surface area contributed by atoms with Crippen LogP contribution < -0.4 is 5.32 Å². The molecule has 3 heterocycles. The lowest BCUT2D eigenvalue weighted by atomic mass is 9.95. The van der Waals surface area contributed by atoms with Crippen molar-refractivity contribution < 1.29 is 9.21 Å². The van der Waals surface area contributed by atoms with Crippen LogP contribution in [0.1, 0.15) is 24.2 Å². The lowest BCUT2D eigenvalue weighted by Crippen LogP contribution is -2.40. The number of hydrogen-bond donors (Lipinski definition) is 1. The van der Waals surface area contributed by atoms with E-state index in [0.717, 1.165) is 49.5 Å². The van der Waals surface area contributed by atoms with Gasteiger partial charge in [0, 0.05) is 12.5 Å². The number of nitrogens with zero attached hydrogens (tertiary/aromatic N) is 4. The van der Waals surface area contributed by atoms with E-state index in [-0.39, 0.29) is 11.8 Å². The van der Waals surface area contributed by atoms with Crippen molar-refractivity contribution in [2.75, 3.05) is 13.1 Å². The van der Waals surface area contributed by atoms with Crippen molar-refractivity contribution in [1.29, 1.82) is 0 Å². The molecule has 0 radical (unpaired) electrons. The van der Waals surface area contributed by atoms with E-state index in [2.05, 4.69) is 20.3 Å². The van der Waals surface area contributed by atoms with Crippen molar-refractivity contribution in [2.24, 2.45) is 5.92 Å². The first-order valence-electron chi connectivity index (χ1n) is 9.25. The summed E-state index contributed by atoms with van der Waals surface area (Å²) in [7, 11) is 0. The van der Waals surface area contributed by atoms with Gasteiger partial charge in [-0.25, -0.2) is 9.67 Å². The maximum Gasteiger partial charge on any atom is 0.223 e. The highest BCUT2D eigenvalue weighted by Gasteiger charge is 2.25. The molecule has 1 aliphatic rings. The van der Waals surface area contributed by atoms with Crippen molar-refractivity contribution in [3.63, 3.8) is 0 Å². The maximum absolute atomic E-state index is 12.6. The molecule has 7 heteroatoms. The summed E-state index contributed by atoms with van der Waals surface area (Å²) >= 11 is 0. The fourth-order valence-electron chi connectivity index (χ4n) is 3.52. The van der Waals surface area contributed by atoms with Gasteiger partial charge < -0.3 is 9.73 Å². The number of carbonyl (C=O) groups excluding carboxylic acids is 1. The molecule has 7 nitrogen and oxygen atoms in total. The average molecular weight is 365 g/mol. The Morgan fingerprint density at radius 2 is 2.04 bits per heavy atom. The Morgan fingerprint density at radius 3 is 2.78 bits per heavy atom. The number of para-hydroxylation sites is 1. The van der Waals surface area contributed by atoms with E-state index in [0.29, 0.717) is 6.54 Å². The Balaban J connectivity index is 1.29. The third-order valence-corrected chi connectivity index (χ3v) is 5.03. The largest absolute Gasteiger partial charge is 0.468 e. The Morgan fingerprint density at radius 1 is 1.19 bits per heavy atom. The zero-order valence-corrected chi connectivity index (χ0v) is 15.1. The second-order valence-corrected chi connectivity index (χ2v) is 6.82. The Kier molecular flexibility index (Phi) is 5.29. The molecule has 1 fully saturated rings. The summed E-state index contributed by atoms with van der Waals surface area (Å²) in [5.41, 5.74) is 1.95. The topological polar surface area (TPSA) is 76.2 Å². The third kappa shape index (κ3) is 4.25. The van der Waals surface area contributed by atoms with Gasteiger partial charge in [0.2, 0.25) is 5.91 Å². The van der Waals surface area contributed by atoms with Crippen LogP contribution in [0.2, 0.25) is 0 Å². The quantitative estimate of drug-likeness (QED) is 0.726. The molecule has 0 aliphatic carbocycles. The van der Waals surface area contributed by atoms with Crippen LogP contribution in [0.3, 0.4) is 0 Å². The molecule has 1 amide bonds. The number of furan rings is 1. The molecule has 1 aliphatic heterocycles. The predicted molar refractivity (Wildman–Crippen MR) is 99.9 cm³/mol. The molecule has 1 N–H and O–H groups in total. The van der Waals surface area contributed by atoms with Gasteiger partial charge in [-0.2, -0.15) is 5.10 Å². The molecular formula is C20H23N5O2. The van der Waals surface area contributed by atoms with Gasteiger partial charge in [0.1, 0.15) is 18.4 Å². The lowest BCUT2D eigenvalue weighted by molar-refractivity contribution is -0.126. The Labute approximate surface area is 158 Å². The van der Waals surface area contributed by atoms with Gasteiger partial charge in [0.15, 0.2) is 0 Å². The summed E-state index contributed by atoms with van der Waals surface area (Å²) in [4.78, 5) is 18.9. The van der Waals surface area contributed by atoms with Gasteiger partial charge in [-0.3, -0.25) is 9.69 Å². The molecule has 0 atom stereocenters. The number of benzene rings is 1. The van der Waals surface area contributed by atoms with Crippen molar-refractivity contribution >= 4 is 5.91 Å². The summed E-state index contributed by atoms with van der Waals surface area (Å²) in [6.07, 6.45) is 6.61. The highest BCUT2D eigenvalue weighted by molar-refractivity contribution is 5.78. The Bertz CT molecular complexity index is 852. The van der Waals surface area contributed by atoms with Crippen LogP contribution in [0.5, 0.6) is 0 Å². The second-order valence-electron chi connectivity index (χ2n) is 6.82. The van der Waals surface area contributed by atoms with Crippen LogP contribution in [-0.2, 0) is 17.9 Å². The van der Waals surface area contributed by atoms with Gasteiger partial charge in [-0.05, 0) is 49.7 Å². The molecule has 3 aromatic rings. The fourth-order valence-corrected chi connectivity index (χ4v) is 3.52. The maximum atomic E-state index is 12.6. The lowest BCUT2D eigenvalue weighted by Gasteiger charge is -2.30. The molecule has 140 valence electrons. The predicted octanol–water partition coefficient (Wildman–Crippen LogP) is 2.39. The monoisotopic (exact) mass is 365 g/mol. The number of amides is 1. The van der Waals surface area contributed by atoms with E-state index >= 15 is 0 Å². The molecular weight excluding hydrogens is 342 g/mol. The average Bonchev–Trinajstić information content (AvgIpc) is 3.41. The number of nitrogens with one attached hydrogen (secondary N) is 1. The first kappa shape index (κ1) is 17.5. The number of likely N-dealkylation sites (tertiary alicyclic amines) is 1. The highest BCUT2D eigenvalue weighted by Crippen LogP contribution is 2.20. The van der Waals surface area contributed by atoms with Crippen LogP contribution in [-0.4, -0.2) is 38.7 Å². The molecule has 4 rings (SSSR count). The van der Waals surface area contributed by atoms with E-state index in [1.165, 1.54) is 6.33 Å². The molecule has 0 bridgehead atoms. The van der Waals surface area contributed by atoms with Gasteiger partial charge in [0.05, 0.1) is 18.5 Å². The molecule has 1 aromatic carbocycles. The second kappa shape index (κ2) is 8.18. The van der Waals surface area contributed by atoms with Crippen LogP contribution >= 0.6 is 0 Å². The SMILES string of the molecule is O=C(NCc1ccccc1-n1cncn1)C1CCN(Cc2ccco2)CC1. The molecule has 1 saturated heterocycles. The highest BCUT2D eigenvalue weighted by atomic mass is 16.3. The van der Waals surface area contributed by atoms with E-state index in [1.54, 1.807) is 17.3 Å². The van der Waals surface area contributed by atoms with Crippen molar-refractivity contribution in [1.82, 2.24) is 25.0 Å². The summed E-state index contributed by atoms with van der Waals surface area (Å²) < 4.78 is 7.12. The number of aromatic nitrogens is 3. The summed E-state index contributed by atoms with van der Waals surface area (Å²) in [6, 6.07) is 11.8. The minimum atomic E-state index is 0.0661. The van der Waals surface area contributed by atoms with E-state index in [1.807, 2.05) is 36.4 Å². The van der Waals surface area contributed by atoms with E-state index in [9.17, 15) is 4.79 Å². The van der Waals surface area contributed by atoms with Crippen LogP contribution in [0.25, 0.3) is 5.69 Å². The van der Waals surface area contributed by atoms with Gasteiger partial charge in [-0.15, -0.1) is 0 Å². The van der Waals surface area contributed by atoms with E-state index in [4.69, 9.17) is 4.42 Å². The zero-order chi connectivity index (χ0) is 18.5. The molecule has 27 heavy (non-hydrogen) atoms. The fraction of sp³-hybridized carbons (Fsp3) is 0.350. The number of hydrogen-bond acceptors (Lipinski definition) is 5. The van der Waals surface area contributed by atoms with Crippen molar-refractivity contribution in [3.8, 4) is 5.69 Å². The zero-order valence-electron chi connectivity index (χ0n) is 15.1. The van der Waals surface area contributed by atoms with Crippen molar-refractivity contribution in [3.05, 3.63) is 66.6 Å². The first-order valence-corrected chi connectivity index (χ1v) is 9.25. The Hall–Kier alpha value is -2.93. The van der Waals surface area contributed by atoms with Gasteiger partial charge in [-0.1, -0.05) is 18.2 Å². The number of rotatable bonds is 6. The molecule has 2 aromatic heterocycles. The normalized spacial score (nSPS) is 15.7. The minimum absolute atomic E-state index is 0.0661. The van der Waals surface area contributed by atoms with Crippen LogP contribution in [0.15, 0.2) is 59.7 Å². The summed E-state index contributed by atoms with van der Waals surface area (Å²) in [6.45, 7) is 3.12. The summed E-state index contributed by atoms with van der Waals surface area (Å²) in [5.74, 6) is 1.17.